The Labute approximate surface area is 101 Å². The molecular weight excluding hydrogens is 216 g/mol. The number of carboxylic acid groups (broad SMARTS) is 1. The quantitative estimate of drug-likeness (QED) is 0.871. The Morgan fingerprint density at radius 1 is 1.29 bits per heavy atom. The maximum Gasteiger partial charge on any atom is 0.340 e. The number of carboxylic acids is 1. The van der Waals surface area contributed by atoms with E-state index >= 15 is 0 Å². The highest BCUT2D eigenvalue weighted by Gasteiger charge is 2.39. The van der Waals surface area contributed by atoms with Gasteiger partial charge in [-0.3, -0.25) is 0 Å². The topological polar surface area (TPSA) is 46.5 Å². The van der Waals surface area contributed by atoms with E-state index in [2.05, 4.69) is 0 Å². The largest absolute Gasteiger partial charge is 0.479 e. The van der Waals surface area contributed by atoms with Crippen molar-refractivity contribution in [1.29, 1.82) is 0 Å². The molecule has 0 aromatic heterocycles. The van der Waals surface area contributed by atoms with Crippen LogP contribution in [0, 0.1) is 0 Å². The van der Waals surface area contributed by atoms with E-state index in [-0.39, 0.29) is 6.10 Å². The van der Waals surface area contributed by atoms with Gasteiger partial charge in [0, 0.05) is 0 Å². The molecule has 0 spiro atoms. The Bertz CT molecular complexity index is 382. The molecule has 1 aromatic carbocycles. The summed E-state index contributed by atoms with van der Waals surface area (Å²) in [6.07, 6.45) is 4.28. The van der Waals surface area contributed by atoms with Crippen LogP contribution in [0.15, 0.2) is 30.3 Å². The number of benzene rings is 1. The standard InChI is InChI=1S/C14H18O3/c1-14(13(15)16,11-7-3-2-4-8-11)17-12-9-5-6-10-12/h2-4,7-8,12H,5-6,9-10H2,1H3,(H,15,16). The predicted molar refractivity (Wildman–Crippen MR) is 64.8 cm³/mol. The molecule has 3 heteroatoms. The molecule has 0 saturated heterocycles. The highest BCUT2D eigenvalue weighted by Crippen LogP contribution is 2.32. The number of ether oxygens (including phenoxy) is 1. The van der Waals surface area contributed by atoms with Gasteiger partial charge < -0.3 is 9.84 Å². The number of rotatable bonds is 4. The van der Waals surface area contributed by atoms with Crippen molar-refractivity contribution in [2.45, 2.75) is 44.3 Å². The van der Waals surface area contributed by atoms with E-state index in [0.29, 0.717) is 5.56 Å². The van der Waals surface area contributed by atoms with Crippen molar-refractivity contribution < 1.29 is 14.6 Å². The summed E-state index contributed by atoms with van der Waals surface area (Å²) in [6.45, 7) is 1.64. The molecule has 1 aliphatic rings. The molecule has 1 fully saturated rings. The van der Waals surface area contributed by atoms with Crippen LogP contribution in [0.25, 0.3) is 0 Å². The molecule has 0 bridgehead atoms. The fraction of sp³-hybridized carbons (Fsp3) is 0.500. The maximum absolute atomic E-state index is 11.5. The average molecular weight is 234 g/mol. The molecule has 1 aromatic rings. The van der Waals surface area contributed by atoms with Crippen molar-refractivity contribution in [2.75, 3.05) is 0 Å². The van der Waals surface area contributed by atoms with Crippen LogP contribution in [0.3, 0.4) is 0 Å². The lowest BCUT2D eigenvalue weighted by Gasteiger charge is -2.29. The first-order chi connectivity index (χ1) is 8.13. The van der Waals surface area contributed by atoms with Gasteiger partial charge in [-0.15, -0.1) is 0 Å². The highest BCUT2D eigenvalue weighted by molar-refractivity contribution is 5.79. The molecule has 1 atom stereocenters. The number of hydrogen-bond donors (Lipinski definition) is 1. The summed E-state index contributed by atoms with van der Waals surface area (Å²) in [4.78, 5) is 11.5. The SMILES string of the molecule is CC(OC1CCCC1)(C(=O)O)c1ccccc1. The third-order valence-electron chi connectivity index (χ3n) is 3.44. The van der Waals surface area contributed by atoms with Crippen molar-refractivity contribution in [1.82, 2.24) is 0 Å². The smallest absolute Gasteiger partial charge is 0.340 e. The first-order valence-corrected chi connectivity index (χ1v) is 6.09. The second kappa shape index (κ2) is 4.88. The molecule has 1 saturated carbocycles. The van der Waals surface area contributed by atoms with E-state index in [1.54, 1.807) is 6.92 Å². The molecule has 1 unspecified atom stereocenters. The molecule has 0 amide bonds. The summed E-state index contributed by atoms with van der Waals surface area (Å²) in [5.41, 5.74) is -0.518. The van der Waals surface area contributed by atoms with Gasteiger partial charge in [-0.1, -0.05) is 43.2 Å². The zero-order chi connectivity index (χ0) is 12.3. The number of hydrogen-bond acceptors (Lipinski definition) is 2. The summed E-state index contributed by atoms with van der Waals surface area (Å²) in [6, 6.07) is 9.18. The van der Waals surface area contributed by atoms with E-state index < -0.39 is 11.6 Å². The summed E-state index contributed by atoms with van der Waals surface area (Å²) in [7, 11) is 0. The predicted octanol–water partition coefficient (Wildman–Crippen LogP) is 2.95. The first-order valence-electron chi connectivity index (χ1n) is 6.09. The van der Waals surface area contributed by atoms with Gasteiger partial charge in [0.2, 0.25) is 0 Å². The van der Waals surface area contributed by atoms with E-state index in [1.807, 2.05) is 30.3 Å². The van der Waals surface area contributed by atoms with E-state index in [4.69, 9.17) is 4.74 Å². The maximum atomic E-state index is 11.5. The normalized spacial score (nSPS) is 20.1. The summed E-state index contributed by atoms with van der Waals surface area (Å²) >= 11 is 0. The summed E-state index contributed by atoms with van der Waals surface area (Å²) in [5, 5.41) is 9.42. The zero-order valence-corrected chi connectivity index (χ0v) is 10.1. The molecule has 3 nitrogen and oxygen atoms in total. The van der Waals surface area contributed by atoms with Crippen LogP contribution in [-0.4, -0.2) is 17.2 Å². The molecule has 0 heterocycles. The van der Waals surface area contributed by atoms with Crippen molar-refractivity contribution >= 4 is 5.97 Å². The van der Waals surface area contributed by atoms with Crippen LogP contribution in [0.2, 0.25) is 0 Å². The number of aliphatic carboxylic acids is 1. The van der Waals surface area contributed by atoms with Gasteiger partial charge in [-0.05, 0) is 25.3 Å². The first kappa shape index (κ1) is 12.1. The summed E-state index contributed by atoms with van der Waals surface area (Å²) in [5.74, 6) is -0.921. The van der Waals surface area contributed by atoms with E-state index in [0.717, 1.165) is 25.7 Å². The average Bonchev–Trinajstić information content (AvgIpc) is 2.82. The Morgan fingerprint density at radius 2 is 1.88 bits per heavy atom. The Kier molecular flexibility index (Phi) is 3.48. The van der Waals surface area contributed by atoms with Crippen molar-refractivity contribution in [2.24, 2.45) is 0 Å². The van der Waals surface area contributed by atoms with Crippen LogP contribution >= 0.6 is 0 Å². The summed E-state index contributed by atoms with van der Waals surface area (Å²) < 4.78 is 5.85. The Morgan fingerprint density at radius 3 is 2.41 bits per heavy atom. The molecule has 92 valence electrons. The lowest BCUT2D eigenvalue weighted by atomic mass is 9.95. The Hall–Kier alpha value is -1.35. The third-order valence-corrected chi connectivity index (χ3v) is 3.44. The van der Waals surface area contributed by atoms with Crippen molar-refractivity contribution in [3.8, 4) is 0 Å². The fourth-order valence-electron chi connectivity index (χ4n) is 2.34. The Balaban J connectivity index is 2.23. The molecule has 17 heavy (non-hydrogen) atoms. The van der Waals surface area contributed by atoms with Crippen molar-refractivity contribution in [3.63, 3.8) is 0 Å². The highest BCUT2D eigenvalue weighted by atomic mass is 16.5. The molecule has 1 aliphatic carbocycles. The van der Waals surface area contributed by atoms with Gasteiger partial charge in [-0.2, -0.15) is 0 Å². The fourth-order valence-corrected chi connectivity index (χ4v) is 2.34. The minimum Gasteiger partial charge on any atom is -0.479 e. The molecule has 0 radical (unpaired) electrons. The van der Waals surface area contributed by atoms with Crippen LogP contribution in [0.4, 0.5) is 0 Å². The van der Waals surface area contributed by atoms with Gasteiger partial charge in [0.15, 0.2) is 5.60 Å². The second-order valence-corrected chi connectivity index (χ2v) is 4.73. The minimum absolute atomic E-state index is 0.0799. The van der Waals surface area contributed by atoms with Crippen molar-refractivity contribution in [3.05, 3.63) is 35.9 Å². The lowest BCUT2D eigenvalue weighted by Crippen LogP contribution is -2.38. The van der Waals surface area contributed by atoms with Crippen LogP contribution in [0.5, 0.6) is 0 Å². The van der Waals surface area contributed by atoms with Gasteiger partial charge in [-0.25, -0.2) is 4.79 Å². The van der Waals surface area contributed by atoms with Gasteiger partial charge in [0.25, 0.3) is 0 Å². The van der Waals surface area contributed by atoms with Crippen LogP contribution in [0.1, 0.15) is 38.2 Å². The van der Waals surface area contributed by atoms with Gasteiger partial charge in [0.1, 0.15) is 0 Å². The van der Waals surface area contributed by atoms with E-state index in [9.17, 15) is 9.90 Å². The zero-order valence-electron chi connectivity index (χ0n) is 10.1. The van der Waals surface area contributed by atoms with Crippen LogP contribution in [-0.2, 0) is 15.1 Å². The van der Waals surface area contributed by atoms with Gasteiger partial charge in [0.05, 0.1) is 6.10 Å². The van der Waals surface area contributed by atoms with E-state index in [1.165, 1.54) is 0 Å². The van der Waals surface area contributed by atoms with Gasteiger partial charge >= 0.3 is 5.97 Å². The third kappa shape index (κ3) is 2.50. The number of carbonyl (C=O) groups is 1. The molecular formula is C14H18O3. The minimum atomic E-state index is -1.23. The second-order valence-electron chi connectivity index (χ2n) is 4.73. The molecule has 1 N–H and O–H groups in total. The monoisotopic (exact) mass is 234 g/mol. The molecule has 2 rings (SSSR count). The van der Waals surface area contributed by atoms with Crippen LogP contribution < -0.4 is 0 Å². The lowest BCUT2D eigenvalue weighted by molar-refractivity contribution is -0.172. The molecule has 0 aliphatic heterocycles.